The minimum atomic E-state index is -0.759. The van der Waals surface area contributed by atoms with Crippen molar-refractivity contribution in [2.45, 2.75) is 31.3 Å². The monoisotopic (exact) mass is 726 g/mol. The Bertz CT molecular complexity index is 1420. The molecule has 13 heteroatoms. The zero-order valence-electron chi connectivity index (χ0n) is 24.2. The van der Waals surface area contributed by atoms with Crippen LogP contribution >= 0.6 is 31.9 Å². The van der Waals surface area contributed by atoms with Gasteiger partial charge >= 0.3 is 12.1 Å². The fraction of sp³-hybridized carbons (Fsp3) is 0.355. The zero-order valence-corrected chi connectivity index (χ0v) is 27.4. The fourth-order valence-corrected chi connectivity index (χ4v) is 6.77. The summed E-state index contributed by atoms with van der Waals surface area (Å²) < 4.78 is 1.44. The quantitative estimate of drug-likeness (QED) is 0.266. The number of piperazine rings is 1. The van der Waals surface area contributed by atoms with Crippen molar-refractivity contribution in [3.05, 3.63) is 81.5 Å². The Hall–Kier alpha value is -3.84. The number of nitrogen functional groups attached to an aromatic ring is 1. The third-order valence-corrected chi connectivity index (χ3v) is 9.25. The first-order chi connectivity index (χ1) is 21.3. The minimum absolute atomic E-state index is 0.0543. The van der Waals surface area contributed by atoms with Gasteiger partial charge in [0.25, 0.3) is 0 Å². The predicted molar refractivity (Wildman–Crippen MR) is 178 cm³/mol. The first-order valence-corrected chi connectivity index (χ1v) is 16.2. The Morgan fingerprint density at radius 1 is 0.886 bits per heavy atom. The van der Waals surface area contributed by atoms with E-state index in [4.69, 9.17) is 5.73 Å². The number of hydrogen-bond acceptors (Lipinski definition) is 6. The molecule has 5 N–H and O–H groups in total. The summed E-state index contributed by atoms with van der Waals surface area (Å²) in [4.78, 5) is 49.6. The lowest BCUT2D eigenvalue weighted by atomic mass is 10.0. The van der Waals surface area contributed by atoms with Crippen molar-refractivity contribution in [3.8, 4) is 0 Å². The van der Waals surface area contributed by atoms with Gasteiger partial charge in [-0.3, -0.25) is 9.78 Å². The van der Waals surface area contributed by atoms with Crippen LogP contribution in [0.15, 0.2) is 75.9 Å². The molecule has 2 aliphatic rings. The lowest BCUT2D eigenvalue weighted by Gasteiger charge is -2.38. The summed E-state index contributed by atoms with van der Waals surface area (Å²) in [5.74, 6) is -0.120. The molecule has 3 heterocycles. The van der Waals surface area contributed by atoms with E-state index in [0.717, 1.165) is 25.9 Å². The number of carbonyl (C=O) groups is 3. The molecule has 11 nitrogen and oxygen atoms in total. The van der Waals surface area contributed by atoms with Gasteiger partial charge in [0.2, 0.25) is 5.91 Å². The van der Waals surface area contributed by atoms with Crippen LogP contribution in [0.2, 0.25) is 0 Å². The molecule has 0 saturated carbocycles. The van der Waals surface area contributed by atoms with Crippen LogP contribution in [0.25, 0.3) is 0 Å². The molecule has 5 rings (SSSR count). The number of anilines is 3. The van der Waals surface area contributed by atoms with Crippen molar-refractivity contribution < 1.29 is 14.4 Å². The van der Waals surface area contributed by atoms with Crippen molar-refractivity contribution in [1.82, 2.24) is 25.4 Å². The highest BCUT2D eigenvalue weighted by Gasteiger charge is 2.32. The van der Waals surface area contributed by atoms with Crippen LogP contribution in [0.3, 0.4) is 0 Å². The number of amides is 5. The van der Waals surface area contributed by atoms with Crippen molar-refractivity contribution in [2.75, 3.05) is 55.2 Å². The molecule has 0 unspecified atom stereocenters. The number of nitrogens with one attached hydrogen (secondary N) is 3. The first kappa shape index (κ1) is 31.6. The number of nitrogens with two attached hydrogens (primary N) is 1. The molecule has 2 aromatic carbocycles. The molecule has 44 heavy (non-hydrogen) atoms. The standard InChI is InChI=1S/C31H36Br2N8O3/c32-25-18-21(19-26(33)28(25)34)20-27(29(42)40-16-14-39(15-17-40)24-6-10-35-11-7-24)38-31(44)41-12-8-23(9-13-41)37-30(43)36-22-4-2-1-3-5-22/h1-7,10-11,18-19,23,27H,8-9,12-17,20,34H2,(H,38,44)(H2,36,37,43)/t27-/m1/s1. The van der Waals surface area contributed by atoms with Gasteiger partial charge in [-0.05, 0) is 86.7 Å². The maximum atomic E-state index is 13.9. The number of aromatic nitrogens is 1. The Labute approximate surface area is 273 Å². The van der Waals surface area contributed by atoms with Gasteiger partial charge in [-0.15, -0.1) is 0 Å². The largest absolute Gasteiger partial charge is 0.397 e. The van der Waals surface area contributed by atoms with Crippen LogP contribution in [0.5, 0.6) is 0 Å². The van der Waals surface area contributed by atoms with Crippen LogP contribution in [-0.4, -0.2) is 84.1 Å². The molecule has 1 aromatic heterocycles. The van der Waals surface area contributed by atoms with E-state index in [9.17, 15) is 14.4 Å². The third kappa shape index (κ3) is 8.20. The fourth-order valence-electron chi connectivity index (χ4n) is 5.49. The maximum Gasteiger partial charge on any atom is 0.319 e. The van der Waals surface area contributed by atoms with E-state index in [1.165, 1.54) is 0 Å². The highest BCUT2D eigenvalue weighted by atomic mass is 79.9. The second-order valence-electron chi connectivity index (χ2n) is 10.9. The second kappa shape index (κ2) is 14.8. The van der Waals surface area contributed by atoms with Gasteiger partial charge in [-0.2, -0.15) is 0 Å². The summed E-state index contributed by atoms with van der Waals surface area (Å²) in [5, 5.41) is 8.86. The number of nitrogens with zero attached hydrogens (tertiary/aromatic N) is 4. The van der Waals surface area contributed by atoms with Crippen LogP contribution in [0.4, 0.5) is 26.7 Å². The number of hydrogen-bond donors (Lipinski definition) is 4. The van der Waals surface area contributed by atoms with E-state index in [-0.39, 0.29) is 24.0 Å². The normalized spacial score (nSPS) is 16.3. The highest BCUT2D eigenvalue weighted by Crippen LogP contribution is 2.30. The van der Waals surface area contributed by atoms with Crippen LogP contribution < -0.4 is 26.6 Å². The molecule has 3 aromatic rings. The summed E-state index contributed by atoms with van der Waals surface area (Å²) in [6, 6.07) is 15.6. The second-order valence-corrected chi connectivity index (χ2v) is 12.6. The summed E-state index contributed by atoms with van der Waals surface area (Å²) >= 11 is 6.99. The summed E-state index contributed by atoms with van der Waals surface area (Å²) in [6.45, 7) is 3.40. The number of para-hydroxylation sites is 1. The molecule has 5 amide bonds. The van der Waals surface area contributed by atoms with Crippen LogP contribution in [-0.2, 0) is 11.2 Å². The molecule has 0 radical (unpaired) electrons. The van der Waals surface area contributed by atoms with Crippen molar-refractivity contribution in [1.29, 1.82) is 0 Å². The van der Waals surface area contributed by atoms with Gasteiger partial charge in [0.05, 0.1) is 5.69 Å². The van der Waals surface area contributed by atoms with E-state index in [1.807, 2.05) is 59.5 Å². The van der Waals surface area contributed by atoms with E-state index in [1.54, 1.807) is 17.3 Å². The lowest BCUT2D eigenvalue weighted by molar-refractivity contribution is -0.133. The number of likely N-dealkylation sites (tertiary alicyclic amines) is 1. The molecule has 2 aliphatic heterocycles. The van der Waals surface area contributed by atoms with Gasteiger partial charge < -0.3 is 36.4 Å². The topological polar surface area (TPSA) is 136 Å². The molecule has 2 fully saturated rings. The number of urea groups is 2. The van der Waals surface area contributed by atoms with E-state index in [0.29, 0.717) is 64.2 Å². The summed E-state index contributed by atoms with van der Waals surface area (Å²) in [5.41, 5.74) is 9.32. The first-order valence-electron chi connectivity index (χ1n) is 14.6. The molecule has 232 valence electrons. The third-order valence-electron chi connectivity index (χ3n) is 7.94. The average molecular weight is 728 g/mol. The van der Waals surface area contributed by atoms with Gasteiger partial charge in [-0.25, -0.2) is 9.59 Å². The SMILES string of the molecule is Nc1c(Br)cc(C[C@@H](NC(=O)N2CCC(NC(=O)Nc3ccccc3)CC2)C(=O)N2CCN(c3ccncc3)CC2)cc1Br. The number of benzene rings is 2. The molecular formula is C31H36Br2N8O3. The van der Waals surface area contributed by atoms with Crippen molar-refractivity contribution in [3.63, 3.8) is 0 Å². The maximum absolute atomic E-state index is 13.9. The molecule has 1 atom stereocenters. The van der Waals surface area contributed by atoms with Gasteiger partial charge in [0.15, 0.2) is 0 Å². The van der Waals surface area contributed by atoms with Crippen LogP contribution in [0.1, 0.15) is 18.4 Å². The Balaban J connectivity index is 1.20. The van der Waals surface area contributed by atoms with Gasteiger partial charge in [0.1, 0.15) is 6.04 Å². The molecule has 0 bridgehead atoms. The Kier molecular flexibility index (Phi) is 10.6. The number of pyridine rings is 1. The predicted octanol–water partition coefficient (Wildman–Crippen LogP) is 4.44. The van der Waals surface area contributed by atoms with Crippen molar-refractivity contribution in [2.24, 2.45) is 0 Å². The average Bonchev–Trinajstić information content (AvgIpc) is 3.04. The smallest absolute Gasteiger partial charge is 0.319 e. The highest BCUT2D eigenvalue weighted by molar-refractivity contribution is 9.11. The number of carbonyl (C=O) groups excluding carboxylic acids is 3. The Morgan fingerprint density at radius 3 is 2.16 bits per heavy atom. The van der Waals surface area contributed by atoms with Crippen molar-refractivity contribution >= 4 is 66.9 Å². The molecule has 2 saturated heterocycles. The minimum Gasteiger partial charge on any atom is -0.397 e. The number of halogens is 2. The molecular weight excluding hydrogens is 692 g/mol. The van der Waals surface area contributed by atoms with E-state index < -0.39 is 6.04 Å². The van der Waals surface area contributed by atoms with Gasteiger partial charge in [0, 0.05) is 84.4 Å². The summed E-state index contributed by atoms with van der Waals surface area (Å²) in [7, 11) is 0. The summed E-state index contributed by atoms with van der Waals surface area (Å²) in [6.07, 6.45) is 5.07. The Morgan fingerprint density at radius 2 is 1.52 bits per heavy atom. The lowest BCUT2D eigenvalue weighted by Crippen LogP contribution is -2.58. The number of rotatable bonds is 7. The number of piperidine rings is 1. The zero-order chi connectivity index (χ0) is 31.1. The van der Waals surface area contributed by atoms with Crippen LogP contribution in [0, 0.1) is 0 Å². The molecule has 0 spiro atoms. The van der Waals surface area contributed by atoms with E-state index >= 15 is 0 Å². The molecule has 0 aliphatic carbocycles. The van der Waals surface area contributed by atoms with Gasteiger partial charge in [-0.1, -0.05) is 18.2 Å². The van der Waals surface area contributed by atoms with E-state index in [2.05, 4.69) is 57.7 Å².